The number of rotatable bonds is 45. The first kappa shape index (κ1) is 89.9. The number of phenolic OH excluding ortho intramolecular Hbond substituents is 3. The number of aliphatic hydroxyl groups is 1. The molecule has 0 radical (unpaired) electrons. The summed E-state index contributed by atoms with van der Waals surface area (Å²) in [6.45, 7) is 1.60. The van der Waals surface area contributed by atoms with E-state index in [9.17, 15) is 68.7 Å². The lowest BCUT2D eigenvalue weighted by Crippen LogP contribution is -2.61. The summed E-state index contributed by atoms with van der Waals surface area (Å²) < 4.78 is 0. The molecule has 7 aromatic rings. The van der Waals surface area contributed by atoms with Crippen LogP contribution < -0.4 is 76.1 Å². The van der Waals surface area contributed by atoms with Gasteiger partial charge in [0.15, 0.2) is 0 Å². The van der Waals surface area contributed by atoms with Crippen molar-refractivity contribution in [3.63, 3.8) is 0 Å². The molecule has 0 spiro atoms. The van der Waals surface area contributed by atoms with Gasteiger partial charge in [-0.1, -0.05) is 97.1 Å². The molecule has 4 heterocycles. The molecule has 120 heavy (non-hydrogen) atoms. The van der Waals surface area contributed by atoms with Gasteiger partial charge in [0.25, 0.3) is 0 Å². The summed E-state index contributed by atoms with van der Waals surface area (Å²) in [6, 6.07) is 17.2. The standard InChI is InChI=1S/C87H111N17O16/c1-50(105)76(85(117)101-73(46-56-49-95-67-20-7-4-17-62(56)67)83(115)102-74(87(119)120)43-53-29-35-59(108)36-30-53)103-84(116)75-24-14-40-104(75)86(118)70(98-80(112)69(22-9-12-38-89)97-82(114)72(42-52-27-33-58(107)34-28-52)100-78(110)64(91)45-55-48-94-66-19-6-3-16-61(55)66)23-10-13-39-92-79(111)68(21-8-11-37-88)96-81(113)71(41-51-25-31-57(106)32-26-51)99-77(109)63(90)44-54-47-93-65-18-5-2-15-60(54)65/h2-7,15-20,25-36,47-50,60,63-65,68-76,93-95,105-108H,8-14,21-24,37-46,88-91H2,1H3,(H,92,111)(H,96,113)(H,97,114)(H,98,112)(H,99,109)(H,100,110)(H,101,117)(H,102,115)(H,103,116)(H,119,120)/t50-,60?,63+,64+,65?,68+,69+,70+,71+,72+,73+,74+,75+,76+/m1/s1. The first-order valence-corrected chi connectivity index (χ1v) is 40.8. The van der Waals surface area contributed by atoms with Crippen LogP contribution in [-0.4, -0.2) is 210 Å². The Balaban J connectivity index is 0.872. The number of nitrogens with one attached hydrogen (secondary N) is 12. The second-order valence-electron chi connectivity index (χ2n) is 30.9. The second-order valence-corrected chi connectivity index (χ2v) is 30.9. The Morgan fingerprint density at radius 2 is 0.908 bits per heavy atom. The van der Waals surface area contributed by atoms with Crippen LogP contribution in [0.5, 0.6) is 17.2 Å². The number of carbonyl (C=O) groups is 11. The number of aromatic hydroxyl groups is 3. The summed E-state index contributed by atoms with van der Waals surface area (Å²) in [5, 5.41) is 81.5. The van der Waals surface area contributed by atoms with Gasteiger partial charge in [-0.15, -0.1) is 0 Å². The molecule has 2 aromatic heterocycles. The SMILES string of the molecule is C[C@@H](O)[C@H](NC(=O)[C@@H]1CCCN1C(=O)[C@H](CCCCNC(=O)[C@H](CCCCN)NC(=O)[C@H](Cc1ccc(O)cc1)NC(=O)[C@@H](N)CC1=CNC2C=CC=CC12)NC(=O)[C@H](CCCCN)NC(=O)[C@H](Cc1ccc(O)cc1)NC(=O)[C@@H](N)Cc1c[nH]c2ccccc12)C(=O)N[C@@H](Cc1c[nH]c2ccccc12)C(=O)N[C@@H](Cc1ccc(O)cc1)C(=O)O. The molecule has 0 bridgehead atoms. The van der Waals surface area contributed by atoms with E-state index in [-0.39, 0.29) is 145 Å². The van der Waals surface area contributed by atoms with E-state index in [4.69, 9.17) is 22.9 Å². The lowest BCUT2D eigenvalue weighted by molar-refractivity contribution is -0.143. The summed E-state index contributed by atoms with van der Waals surface area (Å²) in [7, 11) is 0. The average molecular weight is 1650 g/mol. The minimum Gasteiger partial charge on any atom is -0.508 e. The number of hydrogen-bond donors (Lipinski definition) is 21. The topological polar surface area (TPSA) is 548 Å². The molecule has 25 N–H and O–H groups in total. The van der Waals surface area contributed by atoms with E-state index in [1.54, 1.807) is 60.9 Å². The van der Waals surface area contributed by atoms with Crippen molar-refractivity contribution in [1.29, 1.82) is 0 Å². The molecular formula is C87H111N17O16. The Kier molecular flexibility index (Phi) is 32.9. The summed E-state index contributed by atoms with van der Waals surface area (Å²) in [5.74, 6) is -9.51. The molecule has 33 heteroatoms. The van der Waals surface area contributed by atoms with Gasteiger partial charge in [-0.3, -0.25) is 47.9 Å². The zero-order chi connectivity index (χ0) is 85.9. The highest BCUT2D eigenvalue weighted by Gasteiger charge is 2.42. The number of aromatic amines is 2. The Morgan fingerprint density at radius 3 is 1.43 bits per heavy atom. The molecule has 33 nitrogen and oxygen atoms in total. The summed E-state index contributed by atoms with van der Waals surface area (Å²) >= 11 is 0. The molecule has 0 saturated carbocycles. The van der Waals surface area contributed by atoms with Crippen LogP contribution in [0.4, 0.5) is 0 Å². The molecule has 5 aromatic carbocycles. The number of aromatic nitrogens is 2. The zero-order valence-corrected chi connectivity index (χ0v) is 67.0. The van der Waals surface area contributed by atoms with Crippen LogP contribution in [-0.2, 0) is 84.8 Å². The van der Waals surface area contributed by atoms with Gasteiger partial charge in [0.05, 0.1) is 24.2 Å². The molecule has 10 rings (SSSR count). The summed E-state index contributed by atoms with van der Waals surface area (Å²) in [5.41, 5.74) is 30.2. The quantitative estimate of drug-likeness (QED) is 0.0242. The number of aliphatic hydroxyl groups excluding tert-OH is 1. The fraction of sp³-hybridized carbons (Fsp3) is 0.414. The third kappa shape index (κ3) is 25.3. The van der Waals surface area contributed by atoms with Gasteiger partial charge in [-0.2, -0.15) is 0 Å². The lowest BCUT2D eigenvalue weighted by atomic mass is 9.88. The number of H-pyrrole nitrogens is 2. The molecule has 640 valence electrons. The number of carbonyl (C=O) groups excluding carboxylic acids is 10. The van der Waals surface area contributed by atoms with Crippen molar-refractivity contribution in [1.82, 2.24) is 68.0 Å². The van der Waals surface area contributed by atoms with Crippen LogP contribution in [0.2, 0.25) is 0 Å². The van der Waals surface area contributed by atoms with E-state index in [1.165, 1.54) is 60.4 Å². The number of allylic oxidation sites excluding steroid dienone is 2. The predicted octanol–water partition coefficient (Wildman–Crippen LogP) is 1.80. The van der Waals surface area contributed by atoms with Gasteiger partial charge in [0, 0.05) is 78.9 Å². The third-order valence-electron chi connectivity index (χ3n) is 21.9. The van der Waals surface area contributed by atoms with Gasteiger partial charge in [-0.25, -0.2) is 4.79 Å². The number of fused-ring (bicyclic) bond motifs is 3. The van der Waals surface area contributed by atoms with Crippen molar-refractivity contribution in [2.45, 2.75) is 195 Å². The van der Waals surface area contributed by atoms with E-state index < -0.39 is 138 Å². The van der Waals surface area contributed by atoms with Crippen LogP contribution >= 0.6 is 0 Å². The minimum absolute atomic E-state index is 0.0114. The Labute approximate surface area is 694 Å². The molecular weight excluding hydrogens is 1540 g/mol. The van der Waals surface area contributed by atoms with Crippen molar-refractivity contribution in [3.05, 3.63) is 198 Å². The van der Waals surface area contributed by atoms with Crippen molar-refractivity contribution in [2.75, 3.05) is 26.2 Å². The highest BCUT2D eigenvalue weighted by atomic mass is 16.4. The van der Waals surface area contributed by atoms with Crippen molar-refractivity contribution < 1.29 is 78.3 Å². The number of hydrogen-bond acceptors (Lipinski definition) is 20. The van der Waals surface area contributed by atoms with Crippen LogP contribution in [0.15, 0.2) is 170 Å². The number of carboxylic acids is 1. The fourth-order valence-corrected chi connectivity index (χ4v) is 15.2. The highest BCUT2D eigenvalue weighted by molar-refractivity contribution is 5.99. The number of unbranched alkanes of at least 4 members (excludes halogenated alkanes) is 3. The third-order valence-corrected chi connectivity index (χ3v) is 21.9. The zero-order valence-electron chi connectivity index (χ0n) is 67.0. The number of carboxylic acid groups (broad SMARTS) is 1. The number of amides is 10. The molecule has 1 saturated heterocycles. The molecule has 2 unspecified atom stereocenters. The predicted molar refractivity (Wildman–Crippen MR) is 449 cm³/mol. The maximum Gasteiger partial charge on any atom is 0.326 e. The van der Waals surface area contributed by atoms with E-state index in [0.717, 1.165) is 22.0 Å². The van der Waals surface area contributed by atoms with Crippen LogP contribution in [0.3, 0.4) is 0 Å². The lowest BCUT2D eigenvalue weighted by Gasteiger charge is -2.31. The first-order chi connectivity index (χ1) is 57.7. The molecule has 10 amide bonds. The molecule has 3 aliphatic rings. The number of nitrogens with two attached hydrogens (primary N) is 4. The monoisotopic (exact) mass is 1650 g/mol. The summed E-state index contributed by atoms with van der Waals surface area (Å²) in [4.78, 5) is 167. The van der Waals surface area contributed by atoms with Crippen LogP contribution in [0, 0.1) is 5.92 Å². The first-order valence-electron chi connectivity index (χ1n) is 40.8. The Morgan fingerprint density at radius 1 is 0.475 bits per heavy atom. The van der Waals surface area contributed by atoms with E-state index >= 15 is 9.59 Å². The number of phenols is 3. The number of aliphatic carboxylic acids is 1. The highest BCUT2D eigenvalue weighted by Crippen LogP contribution is 2.30. The van der Waals surface area contributed by atoms with Gasteiger partial charge in [-0.05, 0) is 192 Å². The number of benzene rings is 5. The Hall–Kier alpha value is -12.4. The molecule has 1 aliphatic carbocycles. The maximum atomic E-state index is 15.5. The second kappa shape index (κ2) is 43.9. The molecule has 1 fully saturated rings. The van der Waals surface area contributed by atoms with Gasteiger partial charge < -0.3 is 117 Å². The van der Waals surface area contributed by atoms with E-state index in [2.05, 4.69) is 63.1 Å². The van der Waals surface area contributed by atoms with Crippen molar-refractivity contribution >= 4 is 86.8 Å². The molecule has 14 atom stereocenters. The summed E-state index contributed by atoms with van der Waals surface area (Å²) in [6.07, 6.45) is 13.1. The van der Waals surface area contributed by atoms with E-state index in [0.29, 0.717) is 52.4 Å². The average Bonchev–Trinajstić information content (AvgIpc) is 1.68. The Bertz CT molecular complexity index is 4800. The number of para-hydroxylation sites is 2. The van der Waals surface area contributed by atoms with Crippen molar-refractivity contribution in [2.24, 2.45) is 28.9 Å². The fourth-order valence-electron chi connectivity index (χ4n) is 15.2. The minimum atomic E-state index is -1.80. The largest absolute Gasteiger partial charge is 0.508 e. The van der Waals surface area contributed by atoms with Gasteiger partial charge in [0.1, 0.15) is 71.6 Å². The van der Waals surface area contributed by atoms with Crippen molar-refractivity contribution in [3.8, 4) is 17.2 Å². The molecule has 2 aliphatic heterocycles. The van der Waals surface area contributed by atoms with Crippen LogP contribution in [0.25, 0.3) is 21.8 Å². The smallest absolute Gasteiger partial charge is 0.326 e. The number of likely N-dealkylation sites (tertiary alicyclic amines) is 1. The van der Waals surface area contributed by atoms with E-state index in [1.807, 2.05) is 54.8 Å². The van der Waals surface area contributed by atoms with Gasteiger partial charge in [0.2, 0.25) is 59.1 Å². The van der Waals surface area contributed by atoms with Crippen LogP contribution in [0.1, 0.15) is 112 Å². The number of nitrogens with zero attached hydrogens (tertiary/aromatic N) is 1. The van der Waals surface area contributed by atoms with Gasteiger partial charge >= 0.3 is 5.97 Å². The normalized spacial score (nSPS) is 17.5. The maximum absolute atomic E-state index is 15.5.